The van der Waals surface area contributed by atoms with Gasteiger partial charge in [-0.15, -0.1) is 0 Å². The summed E-state index contributed by atoms with van der Waals surface area (Å²) in [5.74, 6) is -0.0608. The summed E-state index contributed by atoms with van der Waals surface area (Å²) in [5.41, 5.74) is 3.43. The van der Waals surface area contributed by atoms with Gasteiger partial charge in [0.05, 0.1) is 0 Å². The van der Waals surface area contributed by atoms with E-state index < -0.39 is 11.5 Å². The van der Waals surface area contributed by atoms with E-state index in [1.165, 1.54) is 10.5 Å². The van der Waals surface area contributed by atoms with Crippen LogP contribution in [0.15, 0.2) is 77.2 Å². The number of rotatable bonds is 6. The summed E-state index contributed by atoms with van der Waals surface area (Å²) >= 11 is 0. The summed E-state index contributed by atoms with van der Waals surface area (Å²) in [6, 6.07) is 20.5. The summed E-state index contributed by atoms with van der Waals surface area (Å²) in [4.78, 5) is 30.8. The van der Waals surface area contributed by atoms with Crippen molar-refractivity contribution in [3.8, 4) is 17.7 Å². The second-order valence-corrected chi connectivity index (χ2v) is 8.28. The smallest absolute Gasteiger partial charge is 0.269 e. The molecule has 0 saturated carbocycles. The number of nitrogens with one attached hydrogen (secondary N) is 1. The summed E-state index contributed by atoms with van der Waals surface area (Å²) in [6.45, 7) is 5.98. The van der Waals surface area contributed by atoms with E-state index in [1.54, 1.807) is 12.3 Å². The molecular weight excluding hydrogens is 440 g/mol. The number of aromatic nitrogens is 2. The van der Waals surface area contributed by atoms with Gasteiger partial charge in [-0.2, -0.15) is 10.2 Å². The van der Waals surface area contributed by atoms with E-state index in [9.17, 15) is 14.9 Å². The third-order valence-electron chi connectivity index (χ3n) is 5.41. The fourth-order valence-corrected chi connectivity index (χ4v) is 3.76. The third kappa shape index (κ3) is 5.28. The Kier molecular flexibility index (Phi) is 6.74. The van der Waals surface area contributed by atoms with E-state index in [0.717, 1.165) is 22.3 Å². The third-order valence-corrected chi connectivity index (χ3v) is 5.41. The lowest BCUT2D eigenvalue weighted by Gasteiger charge is -2.12. The van der Waals surface area contributed by atoms with Crippen molar-refractivity contribution in [2.75, 3.05) is 0 Å². The van der Waals surface area contributed by atoms with Crippen LogP contribution in [0.4, 0.5) is 0 Å². The van der Waals surface area contributed by atoms with E-state index in [1.807, 2.05) is 81.4 Å². The van der Waals surface area contributed by atoms with Crippen molar-refractivity contribution in [3.05, 3.63) is 111 Å². The Labute approximate surface area is 203 Å². The lowest BCUT2D eigenvalue weighted by atomic mass is 10.1. The predicted molar refractivity (Wildman–Crippen MR) is 134 cm³/mol. The summed E-state index contributed by atoms with van der Waals surface area (Å²) < 4.78 is 7.44. The van der Waals surface area contributed by atoms with Crippen molar-refractivity contribution >= 4 is 17.6 Å². The number of benzene rings is 2. The molecule has 1 amide bonds. The Morgan fingerprint density at radius 2 is 1.80 bits per heavy atom. The molecule has 7 heteroatoms. The number of nitriles is 1. The molecule has 0 aliphatic carbocycles. The number of ether oxygens (including phenoxy) is 1. The maximum absolute atomic E-state index is 13.4. The van der Waals surface area contributed by atoms with Gasteiger partial charge in [0.25, 0.3) is 11.5 Å². The fourth-order valence-electron chi connectivity index (χ4n) is 3.76. The highest BCUT2D eigenvalue weighted by Gasteiger charge is 2.18. The van der Waals surface area contributed by atoms with Crippen molar-refractivity contribution < 1.29 is 9.53 Å². The van der Waals surface area contributed by atoms with Gasteiger partial charge in [0, 0.05) is 12.7 Å². The highest BCUT2D eigenvalue weighted by molar-refractivity contribution is 6.01. The molecule has 0 aliphatic rings. The zero-order valence-electron chi connectivity index (χ0n) is 19.7. The van der Waals surface area contributed by atoms with Crippen LogP contribution in [-0.4, -0.2) is 15.3 Å². The minimum atomic E-state index is -0.595. The van der Waals surface area contributed by atoms with Crippen LogP contribution < -0.4 is 15.6 Å². The standard InChI is InChI=1S/C28H24N4O3/c1-18-12-19(2)14-23(13-18)35-27-24(28(34)32-11-7-8-20(3)25(32)31-27)15-22(16-29)26(33)30-17-21-9-5-4-6-10-21/h4-15H,17H2,1-3H3,(H,30,33)/b22-15+. The highest BCUT2D eigenvalue weighted by Crippen LogP contribution is 2.26. The van der Waals surface area contributed by atoms with Crippen LogP contribution in [-0.2, 0) is 11.3 Å². The molecular formula is C28H24N4O3. The molecule has 4 rings (SSSR count). The molecule has 1 N–H and O–H groups in total. The normalized spacial score (nSPS) is 11.2. The zero-order valence-corrected chi connectivity index (χ0v) is 19.7. The maximum Gasteiger partial charge on any atom is 0.269 e. The minimum absolute atomic E-state index is 0.0127. The molecule has 0 saturated heterocycles. The van der Waals surface area contributed by atoms with Crippen LogP contribution in [0, 0.1) is 32.1 Å². The van der Waals surface area contributed by atoms with E-state index in [-0.39, 0.29) is 23.6 Å². The van der Waals surface area contributed by atoms with E-state index in [0.29, 0.717) is 11.4 Å². The molecule has 0 radical (unpaired) electrons. The van der Waals surface area contributed by atoms with Gasteiger partial charge in [0.15, 0.2) is 0 Å². The molecule has 2 aromatic carbocycles. The number of carbonyl (C=O) groups excluding carboxylic acids is 1. The van der Waals surface area contributed by atoms with Crippen molar-refractivity contribution in [2.24, 2.45) is 0 Å². The van der Waals surface area contributed by atoms with Crippen LogP contribution >= 0.6 is 0 Å². The molecule has 0 fully saturated rings. The van der Waals surface area contributed by atoms with Gasteiger partial charge in [0.1, 0.15) is 28.6 Å². The van der Waals surface area contributed by atoms with E-state index in [4.69, 9.17) is 4.74 Å². The zero-order chi connectivity index (χ0) is 24.9. The van der Waals surface area contributed by atoms with Gasteiger partial charge < -0.3 is 10.1 Å². The number of hydrogen-bond acceptors (Lipinski definition) is 5. The second-order valence-electron chi connectivity index (χ2n) is 8.28. The molecule has 2 heterocycles. The largest absolute Gasteiger partial charge is 0.438 e. The van der Waals surface area contributed by atoms with Crippen LogP contribution in [0.1, 0.15) is 27.8 Å². The first kappa shape index (κ1) is 23.5. The monoisotopic (exact) mass is 464 g/mol. The number of pyridine rings is 1. The van der Waals surface area contributed by atoms with Gasteiger partial charge >= 0.3 is 0 Å². The van der Waals surface area contributed by atoms with Crippen LogP contribution in [0.2, 0.25) is 0 Å². The molecule has 174 valence electrons. The average Bonchev–Trinajstić information content (AvgIpc) is 2.83. The average molecular weight is 465 g/mol. The first-order valence-electron chi connectivity index (χ1n) is 11.1. The SMILES string of the molecule is Cc1cc(C)cc(Oc2nc3c(C)cccn3c(=O)c2/C=C(\C#N)C(=O)NCc2ccccc2)c1. The number of fused-ring (bicyclic) bond motifs is 1. The molecule has 2 aromatic heterocycles. The topological polar surface area (TPSA) is 96.5 Å². The van der Waals surface area contributed by atoms with Crippen LogP contribution in [0.5, 0.6) is 11.6 Å². The quantitative estimate of drug-likeness (QED) is 0.331. The molecule has 0 aliphatic heterocycles. The first-order chi connectivity index (χ1) is 16.9. The second kappa shape index (κ2) is 10.1. The molecule has 4 aromatic rings. The van der Waals surface area contributed by atoms with Crippen molar-refractivity contribution in [1.82, 2.24) is 14.7 Å². The summed E-state index contributed by atoms with van der Waals surface area (Å²) in [6.07, 6.45) is 2.83. The van der Waals surface area contributed by atoms with Gasteiger partial charge in [-0.3, -0.25) is 14.0 Å². The maximum atomic E-state index is 13.4. The van der Waals surface area contributed by atoms with Crippen molar-refractivity contribution in [2.45, 2.75) is 27.3 Å². The molecule has 0 spiro atoms. The number of hydrogen-bond donors (Lipinski definition) is 1. The Hall–Kier alpha value is -4.70. The first-order valence-corrected chi connectivity index (χ1v) is 11.1. The lowest BCUT2D eigenvalue weighted by Crippen LogP contribution is -2.25. The van der Waals surface area contributed by atoms with Gasteiger partial charge in [0.2, 0.25) is 5.88 Å². The predicted octanol–water partition coefficient (Wildman–Crippen LogP) is 4.64. The minimum Gasteiger partial charge on any atom is -0.438 e. The molecule has 0 unspecified atom stereocenters. The van der Waals surface area contributed by atoms with E-state index in [2.05, 4.69) is 10.3 Å². The Morgan fingerprint density at radius 3 is 2.49 bits per heavy atom. The Morgan fingerprint density at radius 1 is 1.09 bits per heavy atom. The molecule has 0 atom stereocenters. The van der Waals surface area contributed by atoms with Gasteiger partial charge in [-0.1, -0.05) is 42.5 Å². The van der Waals surface area contributed by atoms with Crippen molar-refractivity contribution in [3.63, 3.8) is 0 Å². The summed E-state index contributed by atoms with van der Waals surface area (Å²) in [7, 11) is 0. The summed E-state index contributed by atoms with van der Waals surface area (Å²) in [5, 5.41) is 12.4. The molecule has 0 bridgehead atoms. The number of carbonyl (C=O) groups is 1. The highest BCUT2D eigenvalue weighted by atomic mass is 16.5. The van der Waals surface area contributed by atoms with Crippen LogP contribution in [0.3, 0.4) is 0 Å². The Bertz CT molecular complexity index is 1530. The van der Waals surface area contributed by atoms with Crippen LogP contribution in [0.25, 0.3) is 11.7 Å². The Balaban J connectivity index is 1.79. The van der Waals surface area contributed by atoms with E-state index >= 15 is 0 Å². The lowest BCUT2D eigenvalue weighted by molar-refractivity contribution is -0.117. The fraction of sp³-hybridized carbons (Fsp3) is 0.143. The van der Waals surface area contributed by atoms with Gasteiger partial charge in [-0.25, -0.2) is 0 Å². The number of nitrogens with zero attached hydrogens (tertiary/aromatic N) is 3. The molecule has 7 nitrogen and oxygen atoms in total. The number of aryl methyl sites for hydroxylation is 3. The molecule has 35 heavy (non-hydrogen) atoms. The van der Waals surface area contributed by atoms with Gasteiger partial charge in [-0.05, 0) is 67.3 Å². The number of amides is 1. The van der Waals surface area contributed by atoms with Crippen molar-refractivity contribution in [1.29, 1.82) is 5.26 Å².